The number of hydrogen-bond donors (Lipinski definition) is 0. The summed E-state index contributed by atoms with van der Waals surface area (Å²) in [6.07, 6.45) is 6.25. The Hall–Kier alpha value is -3.70. The molecule has 0 fully saturated rings. The summed E-state index contributed by atoms with van der Waals surface area (Å²) in [6, 6.07) is 24.4. The average molecular weight is 426 g/mol. The van der Waals surface area contributed by atoms with Crippen molar-refractivity contribution in [2.45, 2.75) is 13.3 Å². The van der Waals surface area contributed by atoms with Gasteiger partial charge in [-0.15, -0.1) is 10.2 Å². The molecule has 2 heterocycles. The smallest absolute Gasteiger partial charge is 0.168 e. The normalized spacial score (nSPS) is 11.0. The molecule has 0 atom stereocenters. The maximum atomic E-state index is 6.18. The van der Waals surface area contributed by atoms with Gasteiger partial charge in [0.25, 0.3) is 0 Å². The van der Waals surface area contributed by atoms with Crippen LogP contribution in [0.3, 0.4) is 0 Å². The first-order valence-corrected chi connectivity index (χ1v) is 10.5. The van der Waals surface area contributed by atoms with Gasteiger partial charge in [-0.25, -0.2) is 4.98 Å². The molecule has 0 aliphatic heterocycles. The van der Waals surface area contributed by atoms with Crippen LogP contribution in [0.5, 0.6) is 0 Å². The second-order valence-electron chi connectivity index (χ2n) is 7.16. The highest BCUT2D eigenvalue weighted by molar-refractivity contribution is 6.30. The number of hydrogen-bond acceptors (Lipinski definition) is 4. The van der Waals surface area contributed by atoms with Gasteiger partial charge < -0.3 is 0 Å². The Morgan fingerprint density at radius 3 is 2.35 bits per heavy atom. The van der Waals surface area contributed by atoms with Crippen LogP contribution >= 0.6 is 11.6 Å². The summed E-state index contributed by atoms with van der Waals surface area (Å²) in [4.78, 5) is 6.32. The molecule has 0 aliphatic rings. The summed E-state index contributed by atoms with van der Waals surface area (Å²) in [5.74, 6) is 1.51. The van der Waals surface area contributed by atoms with Crippen molar-refractivity contribution in [2.24, 2.45) is 0 Å². The number of nitrogens with zero attached hydrogens (tertiary/aromatic N) is 5. The third-order valence-electron chi connectivity index (χ3n) is 5.31. The molecule has 0 radical (unpaired) electrons. The Morgan fingerprint density at radius 2 is 1.61 bits per heavy atom. The molecule has 31 heavy (non-hydrogen) atoms. The summed E-state index contributed by atoms with van der Waals surface area (Å²) in [6.45, 7) is 2.16. The van der Waals surface area contributed by atoms with Gasteiger partial charge in [-0.05, 0) is 42.3 Å². The lowest BCUT2D eigenvalue weighted by Crippen LogP contribution is -2.15. The van der Waals surface area contributed by atoms with Gasteiger partial charge in [0.05, 0.1) is 5.69 Å². The van der Waals surface area contributed by atoms with Gasteiger partial charge in [0.1, 0.15) is 6.33 Å². The fraction of sp³-hybridized carbons (Fsp3) is 0.0800. The molecular weight excluding hydrogens is 406 g/mol. The third-order valence-corrected chi connectivity index (χ3v) is 5.56. The molecule has 0 amide bonds. The molecule has 0 saturated heterocycles. The zero-order chi connectivity index (χ0) is 21.2. The molecule has 5 rings (SSSR count). The van der Waals surface area contributed by atoms with Crippen LogP contribution in [-0.2, 0) is 6.42 Å². The molecular formula is C25H20ClN5. The van der Waals surface area contributed by atoms with E-state index in [1.54, 1.807) is 12.5 Å². The molecule has 0 bridgehead atoms. The maximum Gasteiger partial charge on any atom is 0.168 e. The van der Waals surface area contributed by atoms with E-state index in [0.29, 0.717) is 5.02 Å². The van der Waals surface area contributed by atoms with Crippen LogP contribution in [0, 0.1) is 0 Å². The number of anilines is 3. The monoisotopic (exact) mass is 425 g/mol. The molecule has 0 N–H and O–H groups in total. The third kappa shape index (κ3) is 3.53. The van der Waals surface area contributed by atoms with E-state index >= 15 is 0 Å². The van der Waals surface area contributed by atoms with E-state index in [1.807, 2.05) is 53.2 Å². The van der Waals surface area contributed by atoms with Crippen molar-refractivity contribution in [3.05, 3.63) is 102 Å². The van der Waals surface area contributed by atoms with Gasteiger partial charge in [-0.1, -0.05) is 61.0 Å². The fourth-order valence-corrected chi connectivity index (χ4v) is 3.94. The molecule has 152 valence electrons. The summed E-state index contributed by atoms with van der Waals surface area (Å²) in [7, 11) is 0. The first kappa shape index (κ1) is 19.3. The van der Waals surface area contributed by atoms with E-state index in [-0.39, 0.29) is 0 Å². The molecule has 0 aliphatic carbocycles. The van der Waals surface area contributed by atoms with E-state index in [9.17, 15) is 0 Å². The lowest BCUT2D eigenvalue weighted by Gasteiger charge is -2.27. The van der Waals surface area contributed by atoms with Crippen LogP contribution in [0.15, 0.2) is 91.5 Å². The van der Waals surface area contributed by atoms with Gasteiger partial charge in [-0.3, -0.25) is 9.47 Å². The van der Waals surface area contributed by atoms with Crippen LogP contribution in [-0.4, -0.2) is 19.7 Å². The van der Waals surface area contributed by atoms with Crippen molar-refractivity contribution in [1.29, 1.82) is 0 Å². The minimum Gasteiger partial charge on any atom is -0.293 e. The standard InChI is InChI=1S/C25H20ClN5/c1-2-18-7-3-6-10-23(18)31(20-13-11-19(26)12-14-20)25-22-9-5-4-8-21(22)24(28-29-25)30-16-15-27-17-30/h3-17H,2H2,1H3. The highest BCUT2D eigenvalue weighted by Gasteiger charge is 2.21. The van der Waals surface area contributed by atoms with Gasteiger partial charge in [0, 0.05) is 33.9 Å². The summed E-state index contributed by atoms with van der Waals surface area (Å²) in [5.41, 5.74) is 3.27. The number of fused-ring (bicyclic) bond motifs is 1. The summed E-state index contributed by atoms with van der Waals surface area (Å²) < 4.78 is 1.88. The van der Waals surface area contributed by atoms with Gasteiger partial charge in [-0.2, -0.15) is 0 Å². The van der Waals surface area contributed by atoms with Gasteiger partial charge >= 0.3 is 0 Å². The van der Waals surface area contributed by atoms with E-state index in [0.717, 1.165) is 40.2 Å². The number of halogens is 1. The molecule has 3 aromatic carbocycles. The SMILES string of the molecule is CCc1ccccc1N(c1ccc(Cl)cc1)c1nnc(-n2ccnc2)c2ccccc12. The number of aryl methyl sites for hydroxylation is 1. The predicted octanol–water partition coefficient (Wildman–Crippen LogP) is 6.50. The van der Waals surface area contributed by atoms with Crippen LogP contribution in [0.1, 0.15) is 12.5 Å². The number of para-hydroxylation sites is 1. The van der Waals surface area contributed by atoms with Crippen molar-refractivity contribution in [1.82, 2.24) is 19.7 Å². The minimum atomic E-state index is 0.693. The number of aromatic nitrogens is 4. The summed E-state index contributed by atoms with van der Waals surface area (Å²) in [5, 5.41) is 12.0. The molecule has 5 nitrogen and oxygen atoms in total. The van der Waals surface area contributed by atoms with Crippen LogP contribution in [0.2, 0.25) is 5.02 Å². The Morgan fingerprint density at radius 1 is 0.871 bits per heavy atom. The first-order chi connectivity index (χ1) is 15.3. The van der Waals surface area contributed by atoms with E-state index < -0.39 is 0 Å². The second-order valence-corrected chi connectivity index (χ2v) is 7.59. The van der Waals surface area contributed by atoms with Crippen molar-refractivity contribution in [3.8, 4) is 5.82 Å². The molecule has 6 heteroatoms. The van der Waals surface area contributed by atoms with Crippen molar-refractivity contribution in [2.75, 3.05) is 4.90 Å². The van der Waals surface area contributed by atoms with Crippen molar-refractivity contribution in [3.63, 3.8) is 0 Å². The van der Waals surface area contributed by atoms with Gasteiger partial charge in [0.2, 0.25) is 0 Å². The van der Waals surface area contributed by atoms with Crippen LogP contribution in [0.25, 0.3) is 16.6 Å². The first-order valence-electron chi connectivity index (χ1n) is 10.1. The van der Waals surface area contributed by atoms with Crippen molar-refractivity contribution >= 4 is 39.6 Å². The van der Waals surface area contributed by atoms with Crippen LogP contribution < -0.4 is 4.90 Å². The average Bonchev–Trinajstić information content (AvgIpc) is 3.35. The van der Waals surface area contributed by atoms with Crippen molar-refractivity contribution < 1.29 is 0 Å². The predicted molar refractivity (Wildman–Crippen MR) is 126 cm³/mol. The summed E-state index contributed by atoms with van der Waals surface area (Å²) >= 11 is 6.18. The number of imidazole rings is 1. The highest BCUT2D eigenvalue weighted by atomic mass is 35.5. The number of benzene rings is 3. The Bertz CT molecular complexity index is 1330. The Labute approximate surface area is 185 Å². The van der Waals surface area contributed by atoms with Crippen LogP contribution in [0.4, 0.5) is 17.2 Å². The fourth-order valence-electron chi connectivity index (χ4n) is 3.81. The Kier molecular flexibility index (Phi) is 5.10. The quantitative estimate of drug-likeness (QED) is 0.322. The largest absolute Gasteiger partial charge is 0.293 e. The zero-order valence-electron chi connectivity index (χ0n) is 17.0. The maximum absolute atomic E-state index is 6.18. The molecule has 0 saturated carbocycles. The van der Waals surface area contributed by atoms with E-state index in [4.69, 9.17) is 16.7 Å². The second kappa shape index (κ2) is 8.20. The topological polar surface area (TPSA) is 46.8 Å². The lowest BCUT2D eigenvalue weighted by molar-refractivity contribution is 0.922. The molecule has 0 unspecified atom stereocenters. The minimum absolute atomic E-state index is 0.693. The number of rotatable bonds is 5. The lowest BCUT2D eigenvalue weighted by atomic mass is 10.1. The van der Waals surface area contributed by atoms with E-state index in [2.05, 4.69) is 52.2 Å². The van der Waals surface area contributed by atoms with Gasteiger partial charge in [0.15, 0.2) is 11.6 Å². The zero-order valence-corrected chi connectivity index (χ0v) is 17.7. The molecule has 5 aromatic rings. The Balaban J connectivity index is 1.79. The molecule has 2 aromatic heterocycles. The molecule has 0 spiro atoms. The highest BCUT2D eigenvalue weighted by Crippen LogP contribution is 2.40. The van der Waals surface area contributed by atoms with E-state index in [1.165, 1.54) is 5.56 Å².